The first-order valence-electron chi connectivity index (χ1n) is 5.31. The lowest BCUT2D eigenvalue weighted by Crippen LogP contribution is -2.36. The minimum Gasteiger partial charge on any atom is -0.389 e. The molecule has 1 rings (SSSR count). The van der Waals surface area contributed by atoms with E-state index in [4.69, 9.17) is 11.6 Å². The standard InChI is InChI=1S/C12H17BrClNO/c1-3-12(2,16)8-15-7-9-6-10(13)4-5-11(9)14/h4-6,15-16H,3,7-8H2,1-2H3. The molecular formula is C12H17BrClNO. The quantitative estimate of drug-likeness (QED) is 0.874. The van der Waals surface area contributed by atoms with Crippen LogP contribution in [-0.4, -0.2) is 17.3 Å². The molecule has 2 N–H and O–H groups in total. The van der Waals surface area contributed by atoms with E-state index < -0.39 is 5.60 Å². The van der Waals surface area contributed by atoms with E-state index in [1.807, 2.05) is 32.0 Å². The number of hydrogen-bond donors (Lipinski definition) is 2. The summed E-state index contributed by atoms with van der Waals surface area (Å²) in [6.45, 7) is 5.01. The zero-order chi connectivity index (χ0) is 12.2. The van der Waals surface area contributed by atoms with Gasteiger partial charge < -0.3 is 10.4 Å². The van der Waals surface area contributed by atoms with Crippen LogP contribution in [0.2, 0.25) is 5.02 Å². The SMILES string of the molecule is CCC(C)(O)CNCc1cc(Br)ccc1Cl. The van der Waals surface area contributed by atoms with Crippen LogP contribution in [0.3, 0.4) is 0 Å². The van der Waals surface area contributed by atoms with E-state index in [9.17, 15) is 5.11 Å². The molecule has 1 aromatic carbocycles. The summed E-state index contributed by atoms with van der Waals surface area (Å²) in [5.74, 6) is 0. The number of rotatable bonds is 5. The fourth-order valence-electron chi connectivity index (χ4n) is 1.27. The second kappa shape index (κ2) is 6.01. The molecule has 2 nitrogen and oxygen atoms in total. The summed E-state index contributed by atoms with van der Waals surface area (Å²) in [5, 5.41) is 13.8. The molecule has 0 radical (unpaired) electrons. The summed E-state index contributed by atoms with van der Waals surface area (Å²) in [6.07, 6.45) is 0.728. The highest BCUT2D eigenvalue weighted by Gasteiger charge is 2.16. The van der Waals surface area contributed by atoms with Crippen LogP contribution in [0.4, 0.5) is 0 Å². The maximum Gasteiger partial charge on any atom is 0.0741 e. The molecule has 0 saturated heterocycles. The lowest BCUT2D eigenvalue weighted by Gasteiger charge is -2.21. The molecule has 0 spiro atoms. The fraction of sp³-hybridized carbons (Fsp3) is 0.500. The third-order valence-corrected chi connectivity index (χ3v) is 3.45. The van der Waals surface area contributed by atoms with Gasteiger partial charge >= 0.3 is 0 Å². The summed E-state index contributed by atoms with van der Waals surface area (Å²) in [6, 6.07) is 5.75. The van der Waals surface area contributed by atoms with Crippen LogP contribution < -0.4 is 5.32 Å². The van der Waals surface area contributed by atoms with E-state index in [1.165, 1.54) is 0 Å². The number of aliphatic hydroxyl groups is 1. The predicted molar refractivity (Wildman–Crippen MR) is 71.8 cm³/mol. The Labute approximate surface area is 110 Å². The first-order chi connectivity index (χ1) is 7.44. The number of hydrogen-bond acceptors (Lipinski definition) is 2. The average molecular weight is 307 g/mol. The Morgan fingerprint density at radius 1 is 1.50 bits per heavy atom. The van der Waals surface area contributed by atoms with Crippen molar-refractivity contribution in [3.8, 4) is 0 Å². The number of halogens is 2. The minimum absolute atomic E-state index is 0.562. The highest BCUT2D eigenvalue weighted by atomic mass is 79.9. The van der Waals surface area contributed by atoms with E-state index >= 15 is 0 Å². The van der Waals surface area contributed by atoms with Gasteiger partial charge in [-0.25, -0.2) is 0 Å². The van der Waals surface area contributed by atoms with Gasteiger partial charge in [0.1, 0.15) is 0 Å². The molecule has 1 aromatic rings. The Balaban J connectivity index is 2.52. The van der Waals surface area contributed by atoms with Crippen LogP contribution >= 0.6 is 27.5 Å². The van der Waals surface area contributed by atoms with Gasteiger partial charge in [0.05, 0.1) is 5.60 Å². The van der Waals surface area contributed by atoms with Gasteiger partial charge in [-0.1, -0.05) is 34.5 Å². The van der Waals surface area contributed by atoms with E-state index in [2.05, 4.69) is 21.2 Å². The van der Waals surface area contributed by atoms with Gasteiger partial charge in [-0.15, -0.1) is 0 Å². The molecule has 16 heavy (non-hydrogen) atoms. The number of benzene rings is 1. The molecule has 0 aliphatic heterocycles. The molecule has 0 saturated carbocycles. The Kier molecular flexibility index (Phi) is 5.25. The Morgan fingerprint density at radius 3 is 2.81 bits per heavy atom. The normalized spacial score (nSPS) is 14.8. The molecule has 0 fully saturated rings. The molecule has 90 valence electrons. The molecular weight excluding hydrogens is 289 g/mol. The van der Waals surface area contributed by atoms with Crippen molar-refractivity contribution in [3.05, 3.63) is 33.3 Å². The van der Waals surface area contributed by atoms with Crippen LogP contribution in [0, 0.1) is 0 Å². The monoisotopic (exact) mass is 305 g/mol. The second-order valence-electron chi connectivity index (χ2n) is 4.19. The highest BCUT2D eigenvalue weighted by Crippen LogP contribution is 2.20. The molecule has 1 unspecified atom stereocenters. The first-order valence-corrected chi connectivity index (χ1v) is 6.49. The average Bonchev–Trinajstić information content (AvgIpc) is 2.23. The van der Waals surface area contributed by atoms with Crippen molar-refractivity contribution in [1.82, 2.24) is 5.32 Å². The third-order valence-electron chi connectivity index (χ3n) is 2.59. The number of nitrogens with one attached hydrogen (secondary N) is 1. The summed E-state index contributed by atoms with van der Waals surface area (Å²) >= 11 is 9.46. The van der Waals surface area contributed by atoms with Gasteiger partial charge in [0, 0.05) is 22.6 Å². The van der Waals surface area contributed by atoms with Gasteiger partial charge in [-0.2, -0.15) is 0 Å². The van der Waals surface area contributed by atoms with Crippen molar-refractivity contribution in [1.29, 1.82) is 0 Å². The zero-order valence-corrected chi connectivity index (χ0v) is 11.9. The predicted octanol–water partition coefficient (Wildman–Crippen LogP) is 3.35. The van der Waals surface area contributed by atoms with Gasteiger partial charge in [0.2, 0.25) is 0 Å². The van der Waals surface area contributed by atoms with Gasteiger partial charge in [-0.3, -0.25) is 0 Å². The third kappa shape index (κ3) is 4.42. The lowest BCUT2D eigenvalue weighted by molar-refractivity contribution is 0.0555. The van der Waals surface area contributed by atoms with Gasteiger partial charge in [0.15, 0.2) is 0 Å². The van der Waals surface area contributed by atoms with Crippen LogP contribution in [0.25, 0.3) is 0 Å². The summed E-state index contributed by atoms with van der Waals surface area (Å²) in [7, 11) is 0. The molecule has 0 bridgehead atoms. The molecule has 1 atom stereocenters. The fourth-order valence-corrected chi connectivity index (χ4v) is 1.86. The lowest BCUT2D eigenvalue weighted by atomic mass is 10.0. The van der Waals surface area contributed by atoms with Crippen molar-refractivity contribution in [2.24, 2.45) is 0 Å². The van der Waals surface area contributed by atoms with Crippen molar-refractivity contribution in [2.75, 3.05) is 6.54 Å². The molecule has 0 heterocycles. The maximum absolute atomic E-state index is 9.82. The molecule has 0 aliphatic rings. The zero-order valence-electron chi connectivity index (χ0n) is 9.56. The van der Waals surface area contributed by atoms with E-state index in [0.717, 1.165) is 21.5 Å². The van der Waals surface area contributed by atoms with Crippen molar-refractivity contribution < 1.29 is 5.11 Å². The topological polar surface area (TPSA) is 32.3 Å². The van der Waals surface area contributed by atoms with Crippen LogP contribution in [0.5, 0.6) is 0 Å². The Bertz CT molecular complexity index is 355. The summed E-state index contributed by atoms with van der Waals surface area (Å²) in [5.41, 5.74) is 0.376. The van der Waals surface area contributed by atoms with Crippen molar-refractivity contribution in [2.45, 2.75) is 32.4 Å². The Morgan fingerprint density at radius 2 is 2.19 bits per heavy atom. The summed E-state index contributed by atoms with van der Waals surface area (Å²) < 4.78 is 1.01. The first kappa shape index (κ1) is 14.0. The second-order valence-corrected chi connectivity index (χ2v) is 5.51. The van der Waals surface area contributed by atoms with Crippen LogP contribution in [0.1, 0.15) is 25.8 Å². The molecule has 4 heteroatoms. The molecule has 0 amide bonds. The van der Waals surface area contributed by atoms with Crippen molar-refractivity contribution >= 4 is 27.5 Å². The minimum atomic E-state index is -0.654. The van der Waals surface area contributed by atoms with Gasteiger partial charge in [-0.05, 0) is 37.1 Å². The Hall–Kier alpha value is -0.0900. The van der Waals surface area contributed by atoms with E-state index in [1.54, 1.807) is 0 Å². The van der Waals surface area contributed by atoms with Crippen molar-refractivity contribution in [3.63, 3.8) is 0 Å². The van der Waals surface area contributed by atoms with E-state index in [-0.39, 0.29) is 0 Å². The summed E-state index contributed by atoms with van der Waals surface area (Å²) in [4.78, 5) is 0. The molecule has 0 aliphatic carbocycles. The maximum atomic E-state index is 9.82. The molecule has 0 aromatic heterocycles. The van der Waals surface area contributed by atoms with Crippen LogP contribution in [0.15, 0.2) is 22.7 Å². The van der Waals surface area contributed by atoms with Crippen LogP contribution in [-0.2, 0) is 6.54 Å². The van der Waals surface area contributed by atoms with Gasteiger partial charge in [0.25, 0.3) is 0 Å². The smallest absolute Gasteiger partial charge is 0.0741 e. The highest BCUT2D eigenvalue weighted by molar-refractivity contribution is 9.10. The largest absolute Gasteiger partial charge is 0.389 e. The van der Waals surface area contributed by atoms with E-state index in [0.29, 0.717) is 13.1 Å².